The molecule has 0 amide bonds. The molecule has 4 heteroatoms. The van der Waals surface area contributed by atoms with Crippen LogP contribution in [0.1, 0.15) is 156 Å². The Morgan fingerprint density at radius 1 is 0.571 bits per heavy atom. The molecule has 0 bridgehead atoms. The lowest BCUT2D eigenvalue weighted by atomic mass is 9.95. The fourth-order valence-corrected chi connectivity index (χ4v) is 4.83. The number of hydrogen-bond acceptors (Lipinski definition) is 4. The number of ether oxygens (including phenoxy) is 2. The molecule has 0 aliphatic heterocycles. The van der Waals surface area contributed by atoms with E-state index in [2.05, 4.69) is 25.9 Å². The lowest BCUT2D eigenvalue weighted by Crippen LogP contribution is -2.16. The molecule has 1 unspecified atom stereocenters. The summed E-state index contributed by atoms with van der Waals surface area (Å²) in [6, 6.07) is 0. The van der Waals surface area contributed by atoms with Crippen molar-refractivity contribution in [2.75, 3.05) is 33.0 Å². The Bertz CT molecular complexity index is 405. The van der Waals surface area contributed by atoms with Gasteiger partial charge in [-0.15, -0.1) is 0 Å². The molecule has 210 valence electrons. The zero-order valence-electron chi connectivity index (χ0n) is 24.2. The molecule has 0 radical (unpaired) electrons. The van der Waals surface area contributed by atoms with E-state index in [1.54, 1.807) is 0 Å². The van der Waals surface area contributed by atoms with Gasteiger partial charge in [-0.05, 0) is 37.5 Å². The van der Waals surface area contributed by atoms with Gasteiger partial charge in [0.15, 0.2) is 0 Å². The zero-order valence-corrected chi connectivity index (χ0v) is 24.2. The van der Waals surface area contributed by atoms with Gasteiger partial charge < -0.3 is 9.47 Å². The topological polar surface area (TPSA) is 47.9 Å². The average molecular weight is 498 g/mol. The molecule has 0 aromatic heterocycles. The van der Waals surface area contributed by atoms with Crippen molar-refractivity contribution in [2.45, 2.75) is 156 Å². The van der Waals surface area contributed by atoms with E-state index in [9.17, 15) is 4.91 Å². The van der Waals surface area contributed by atoms with E-state index < -0.39 is 0 Å². The first-order valence-corrected chi connectivity index (χ1v) is 15.7. The van der Waals surface area contributed by atoms with E-state index in [0.29, 0.717) is 18.4 Å². The Kier molecular flexibility index (Phi) is 29.3. The molecular formula is C31H63NO3. The number of unbranched alkanes of at least 4 members (excludes halogenated alkanes) is 17. The van der Waals surface area contributed by atoms with E-state index in [-0.39, 0.29) is 0 Å². The molecule has 0 fully saturated rings. The van der Waals surface area contributed by atoms with Gasteiger partial charge >= 0.3 is 0 Å². The summed E-state index contributed by atoms with van der Waals surface area (Å²) in [4.78, 5) is 10.0. The van der Waals surface area contributed by atoms with E-state index in [1.807, 2.05) is 0 Å². The van der Waals surface area contributed by atoms with E-state index in [1.165, 1.54) is 122 Å². The third-order valence-corrected chi connectivity index (χ3v) is 7.25. The van der Waals surface area contributed by atoms with Crippen LogP contribution in [-0.4, -0.2) is 33.0 Å². The highest BCUT2D eigenvalue weighted by molar-refractivity contribution is 4.62. The largest absolute Gasteiger partial charge is 0.381 e. The van der Waals surface area contributed by atoms with Crippen LogP contribution in [0.3, 0.4) is 0 Å². The molecular weight excluding hydrogens is 434 g/mol. The summed E-state index contributed by atoms with van der Waals surface area (Å²) in [5.41, 5.74) is 0. The highest BCUT2D eigenvalue weighted by Crippen LogP contribution is 2.17. The number of nitrogens with zero attached hydrogens (tertiary/aromatic N) is 1. The first kappa shape index (κ1) is 34.5. The highest BCUT2D eigenvalue weighted by Gasteiger charge is 2.12. The molecule has 0 spiro atoms. The number of hydrogen-bond donors (Lipinski definition) is 0. The second-order valence-electron chi connectivity index (χ2n) is 11.0. The SMILES string of the molecule is CCCCCCCCCCCOCC(CC)C[C@@H](C)COCCCCCCCCCCCCN=O. The average Bonchev–Trinajstić information content (AvgIpc) is 2.86. The van der Waals surface area contributed by atoms with Crippen LogP contribution in [0.25, 0.3) is 0 Å². The van der Waals surface area contributed by atoms with Gasteiger partial charge in [0.1, 0.15) is 0 Å². The van der Waals surface area contributed by atoms with Crippen molar-refractivity contribution in [2.24, 2.45) is 17.0 Å². The predicted octanol–water partition coefficient (Wildman–Crippen LogP) is 10.3. The first-order valence-electron chi connectivity index (χ1n) is 15.7. The molecule has 35 heavy (non-hydrogen) atoms. The summed E-state index contributed by atoms with van der Waals surface area (Å²) in [5, 5.41) is 2.92. The lowest BCUT2D eigenvalue weighted by Gasteiger charge is -2.20. The Labute approximate surface area is 220 Å². The quantitative estimate of drug-likeness (QED) is 0.0732. The van der Waals surface area contributed by atoms with Crippen molar-refractivity contribution < 1.29 is 9.47 Å². The molecule has 0 N–H and O–H groups in total. The van der Waals surface area contributed by atoms with Crippen molar-refractivity contribution in [1.82, 2.24) is 0 Å². The van der Waals surface area contributed by atoms with Gasteiger partial charge in [-0.1, -0.05) is 135 Å². The minimum absolute atomic E-state index is 0.494. The maximum atomic E-state index is 10.0. The van der Waals surface area contributed by atoms with Gasteiger partial charge in [-0.3, -0.25) is 0 Å². The van der Waals surface area contributed by atoms with Crippen LogP contribution in [-0.2, 0) is 9.47 Å². The van der Waals surface area contributed by atoms with Crippen LogP contribution in [0.15, 0.2) is 5.18 Å². The fraction of sp³-hybridized carbons (Fsp3) is 1.00. The third kappa shape index (κ3) is 27.9. The molecule has 0 rings (SSSR count). The molecule has 2 atom stereocenters. The van der Waals surface area contributed by atoms with Gasteiger partial charge in [0, 0.05) is 26.4 Å². The Hall–Kier alpha value is -0.480. The normalized spacial score (nSPS) is 13.2. The molecule has 0 saturated heterocycles. The van der Waals surface area contributed by atoms with E-state index in [4.69, 9.17) is 9.47 Å². The molecule has 4 nitrogen and oxygen atoms in total. The third-order valence-electron chi connectivity index (χ3n) is 7.25. The van der Waals surface area contributed by atoms with Crippen molar-refractivity contribution in [3.63, 3.8) is 0 Å². The van der Waals surface area contributed by atoms with Crippen molar-refractivity contribution in [3.05, 3.63) is 4.91 Å². The van der Waals surface area contributed by atoms with Crippen molar-refractivity contribution >= 4 is 0 Å². The molecule has 0 aliphatic rings. The molecule has 0 aliphatic carbocycles. The van der Waals surface area contributed by atoms with Gasteiger partial charge in [0.2, 0.25) is 0 Å². The number of nitroso groups, excluding NO2 is 1. The summed E-state index contributed by atoms with van der Waals surface area (Å²) in [6.45, 7) is 11.1. The minimum Gasteiger partial charge on any atom is -0.381 e. The lowest BCUT2D eigenvalue weighted by molar-refractivity contribution is 0.0632. The first-order chi connectivity index (χ1) is 17.2. The Morgan fingerprint density at radius 3 is 1.46 bits per heavy atom. The second kappa shape index (κ2) is 29.7. The van der Waals surface area contributed by atoms with Crippen molar-refractivity contribution in [1.29, 1.82) is 0 Å². The highest BCUT2D eigenvalue weighted by atomic mass is 16.5. The summed E-state index contributed by atoms with van der Waals surface area (Å²) in [6.07, 6.45) is 27.3. The van der Waals surface area contributed by atoms with E-state index in [0.717, 1.165) is 39.3 Å². The maximum Gasteiger partial charge on any atom is 0.0811 e. The Morgan fingerprint density at radius 2 is 1.00 bits per heavy atom. The van der Waals surface area contributed by atoms with Crippen LogP contribution in [0, 0.1) is 16.7 Å². The monoisotopic (exact) mass is 497 g/mol. The van der Waals surface area contributed by atoms with Crippen LogP contribution >= 0.6 is 0 Å². The fourth-order valence-electron chi connectivity index (χ4n) is 4.83. The van der Waals surface area contributed by atoms with Crippen molar-refractivity contribution in [3.8, 4) is 0 Å². The number of rotatable bonds is 30. The van der Waals surface area contributed by atoms with Crippen LogP contribution < -0.4 is 0 Å². The van der Waals surface area contributed by atoms with Gasteiger partial charge in [0.05, 0.1) is 6.54 Å². The summed E-state index contributed by atoms with van der Waals surface area (Å²) in [7, 11) is 0. The molecule has 0 saturated carbocycles. The van der Waals surface area contributed by atoms with Gasteiger partial charge in [-0.25, -0.2) is 0 Å². The summed E-state index contributed by atoms with van der Waals surface area (Å²) < 4.78 is 12.0. The zero-order chi connectivity index (χ0) is 25.7. The molecule has 0 aromatic rings. The van der Waals surface area contributed by atoms with Crippen LogP contribution in [0.2, 0.25) is 0 Å². The predicted molar refractivity (Wildman–Crippen MR) is 153 cm³/mol. The smallest absolute Gasteiger partial charge is 0.0811 e. The van der Waals surface area contributed by atoms with E-state index >= 15 is 0 Å². The second-order valence-corrected chi connectivity index (χ2v) is 11.0. The van der Waals surface area contributed by atoms with Gasteiger partial charge in [-0.2, -0.15) is 4.91 Å². The molecule has 0 heterocycles. The van der Waals surface area contributed by atoms with Gasteiger partial charge in [0.25, 0.3) is 0 Å². The summed E-state index contributed by atoms with van der Waals surface area (Å²) in [5.74, 6) is 1.30. The molecule has 0 aromatic carbocycles. The van der Waals surface area contributed by atoms with Crippen LogP contribution in [0.4, 0.5) is 0 Å². The standard InChI is InChI=1S/C31H63NO3/c1-4-6-7-8-9-13-16-20-23-26-35-29-31(5-2)27-30(3)28-34-25-22-19-17-14-11-10-12-15-18-21-24-32-33/h30-31H,4-29H2,1-3H3/t30-,31?/m1/s1. The van der Waals surface area contributed by atoms with Crippen LogP contribution in [0.5, 0.6) is 0 Å². The summed E-state index contributed by atoms with van der Waals surface area (Å²) >= 11 is 0. The minimum atomic E-state index is 0.494. The Balaban J connectivity index is 3.40. The maximum absolute atomic E-state index is 10.0.